The van der Waals surface area contributed by atoms with Crippen LogP contribution in [0.3, 0.4) is 0 Å². The fourth-order valence-electron chi connectivity index (χ4n) is 3.22. The second-order valence-electron chi connectivity index (χ2n) is 6.23. The number of imidazole rings is 1. The van der Waals surface area contributed by atoms with Crippen molar-refractivity contribution >= 4 is 22.3 Å². The van der Waals surface area contributed by atoms with Crippen LogP contribution in [-0.4, -0.2) is 19.5 Å². The summed E-state index contributed by atoms with van der Waals surface area (Å²) in [6.45, 7) is 0.703. The smallest absolute Gasteiger partial charge is 0.198 e. The van der Waals surface area contributed by atoms with Crippen molar-refractivity contribution < 1.29 is 0 Å². The monoisotopic (exact) mass is 336 g/mol. The first-order valence-corrected chi connectivity index (χ1v) is 8.61. The summed E-state index contributed by atoms with van der Waals surface area (Å²) in [6.07, 6.45) is 0. The maximum atomic E-state index is 4.86. The Bertz CT molecular complexity index is 1190. The zero-order valence-corrected chi connectivity index (χ0v) is 14.1. The Hall–Kier alpha value is -3.53. The van der Waals surface area contributed by atoms with E-state index in [9.17, 15) is 0 Å². The first-order chi connectivity index (χ1) is 12.9. The second-order valence-corrected chi connectivity index (χ2v) is 6.23. The molecule has 4 heteroatoms. The molecule has 26 heavy (non-hydrogen) atoms. The van der Waals surface area contributed by atoms with Crippen LogP contribution in [0.25, 0.3) is 33.7 Å². The molecule has 0 atom stereocenters. The zero-order valence-electron chi connectivity index (χ0n) is 14.1. The van der Waals surface area contributed by atoms with Crippen molar-refractivity contribution in [2.45, 2.75) is 6.54 Å². The number of nitrogens with zero attached hydrogens (tertiary/aromatic N) is 4. The van der Waals surface area contributed by atoms with Gasteiger partial charge in [-0.2, -0.15) is 0 Å². The minimum atomic E-state index is 0.679. The van der Waals surface area contributed by atoms with Gasteiger partial charge in [-0.15, -0.1) is 0 Å². The van der Waals surface area contributed by atoms with E-state index < -0.39 is 0 Å². The molecule has 2 heterocycles. The molecule has 0 aliphatic rings. The lowest BCUT2D eigenvalue weighted by Gasteiger charge is -2.09. The van der Waals surface area contributed by atoms with Crippen LogP contribution in [0.5, 0.6) is 0 Å². The van der Waals surface area contributed by atoms with Gasteiger partial charge in [0.25, 0.3) is 0 Å². The Morgan fingerprint density at radius 1 is 0.615 bits per heavy atom. The van der Waals surface area contributed by atoms with E-state index in [0.717, 1.165) is 28.1 Å². The fourth-order valence-corrected chi connectivity index (χ4v) is 3.22. The predicted octanol–water partition coefficient (Wildman–Crippen LogP) is 4.69. The third-order valence-electron chi connectivity index (χ3n) is 4.47. The average molecular weight is 336 g/mol. The van der Waals surface area contributed by atoms with Crippen molar-refractivity contribution in [1.82, 2.24) is 19.5 Å². The fraction of sp³-hybridized carbons (Fsp3) is 0.0455. The van der Waals surface area contributed by atoms with Crippen molar-refractivity contribution in [3.05, 3.63) is 90.5 Å². The third-order valence-corrected chi connectivity index (χ3v) is 4.47. The van der Waals surface area contributed by atoms with Crippen LogP contribution in [0.15, 0.2) is 84.9 Å². The number of rotatable bonds is 3. The SMILES string of the molecule is c1ccc(Cn2c(-c3ccccc3)nc3nc4ccccc4nc32)cc1. The molecule has 0 aliphatic carbocycles. The van der Waals surface area contributed by atoms with Crippen LogP contribution in [0.2, 0.25) is 0 Å². The molecule has 124 valence electrons. The second kappa shape index (κ2) is 6.08. The van der Waals surface area contributed by atoms with Gasteiger partial charge in [0.2, 0.25) is 0 Å². The summed E-state index contributed by atoms with van der Waals surface area (Å²) in [5, 5.41) is 0. The molecule has 3 aromatic carbocycles. The highest BCUT2D eigenvalue weighted by Crippen LogP contribution is 2.25. The molecular weight excluding hydrogens is 320 g/mol. The summed E-state index contributed by atoms with van der Waals surface area (Å²) in [4.78, 5) is 14.4. The standard InChI is InChI=1S/C22H16N4/c1-3-9-16(10-4-1)15-26-21(17-11-5-2-6-12-17)25-20-22(26)24-19-14-8-7-13-18(19)23-20/h1-14H,15H2. The highest BCUT2D eigenvalue weighted by atomic mass is 15.2. The number of fused-ring (bicyclic) bond motifs is 2. The number of hydrogen-bond acceptors (Lipinski definition) is 3. The van der Waals surface area contributed by atoms with Crippen molar-refractivity contribution in [3.63, 3.8) is 0 Å². The predicted molar refractivity (Wildman–Crippen MR) is 104 cm³/mol. The maximum Gasteiger partial charge on any atom is 0.198 e. The molecule has 4 nitrogen and oxygen atoms in total. The third kappa shape index (κ3) is 2.52. The molecule has 0 unspecified atom stereocenters. The van der Waals surface area contributed by atoms with Crippen LogP contribution >= 0.6 is 0 Å². The van der Waals surface area contributed by atoms with E-state index >= 15 is 0 Å². The molecule has 0 amide bonds. The number of para-hydroxylation sites is 2. The van der Waals surface area contributed by atoms with Crippen LogP contribution in [0, 0.1) is 0 Å². The van der Waals surface area contributed by atoms with Gasteiger partial charge in [0.1, 0.15) is 5.82 Å². The van der Waals surface area contributed by atoms with E-state index in [4.69, 9.17) is 15.0 Å². The number of benzene rings is 3. The van der Waals surface area contributed by atoms with Crippen LogP contribution in [0.1, 0.15) is 5.56 Å². The van der Waals surface area contributed by atoms with Gasteiger partial charge in [-0.25, -0.2) is 15.0 Å². The first-order valence-electron chi connectivity index (χ1n) is 8.61. The van der Waals surface area contributed by atoms with E-state index in [1.165, 1.54) is 5.56 Å². The summed E-state index contributed by atoms with van der Waals surface area (Å²) in [6, 6.07) is 28.5. The van der Waals surface area contributed by atoms with Gasteiger partial charge in [0.15, 0.2) is 11.3 Å². The Morgan fingerprint density at radius 2 is 1.23 bits per heavy atom. The molecule has 0 bridgehead atoms. The molecular formula is C22H16N4. The minimum absolute atomic E-state index is 0.679. The van der Waals surface area contributed by atoms with Crippen molar-refractivity contribution in [2.75, 3.05) is 0 Å². The molecule has 0 N–H and O–H groups in total. The van der Waals surface area contributed by atoms with Crippen LogP contribution < -0.4 is 0 Å². The quantitative estimate of drug-likeness (QED) is 0.480. The van der Waals surface area contributed by atoms with Gasteiger partial charge in [-0.3, -0.25) is 0 Å². The number of hydrogen-bond donors (Lipinski definition) is 0. The minimum Gasteiger partial charge on any atom is -0.303 e. The highest BCUT2D eigenvalue weighted by Gasteiger charge is 2.16. The van der Waals surface area contributed by atoms with Gasteiger partial charge in [0, 0.05) is 5.56 Å². The highest BCUT2D eigenvalue weighted by molar-refractivity contribution is 5.84. The van der Waals surface area contributed by atoms with Gasteiger partial charge in [-0.1, -0.05) is 72.8 Å². The molecule has 0 radical (unpaired) electrons. The molecule has 2 aromatic heterocycles. The van der Waals surface area contributed by atoms with Crippen LogP contribution in [-0.2, 0) is 6.54 Å². The van der Waals surface area contributed by atoms with Crippen molar-refractivity contribution in [2.24, 2.45) is 0 Å². The van der Waals surface area contributed by atoms with Gasteiger partial charge >= 0.3 is 0 Å². The molecule has 0 fully saturated rings. The molecule has 0 aliphatic heterocycles. The normalized spacial score (nSPS) is 11.2. The van der Waals surface area contributed by atoms with Crippen molar-refractivity contribution in [1.29, 1.82) is 0 Å². The maximum absolute atomic E-state index is 4.86. The molecule has 5 rings (SSSR count). The Balaban J connectivity index is 1.78. The van der Waals surface area contributed by atoms with Crippen LogP contribution in [0.4, 0.5) is 0 Å². The lowest BCUT2D eigenvalue weighted by atomic mass is 10.2. The molecule has 5 aromatic rings. The van der Waals surface area contributed by atoms with Gasteiger partial charge < -0.3 is 4.57 Å². The Kier molecular flexibility index (Phi) is 3.46. The Morgan fingerprint density at radius 3 is 1.96 bits per heavy atom. The van der Waals surface area contributed by atoms with E-state index in [1.807, 2.05) is 48.5 Å². The number of aromatic nitrogens is 4. The van der Waals surface area contributed by atoms with Gasteiger partial charge in [0.05, 0.1) is 17.6 Å². The summed E-state index contributed by atoms with van der Waals surface area (Å²) >= 11 is 0. The first kappa shape index (κ1) is 14.8. The topological polar surface area (TPSA) is 43.6 Å². The van der Waals surface area contributed by atoms with Crippen molar-refractivity contribution in [3.8, 4) is 11.4 Å². The molecule has 0 saturated carbocycles. The Labute approximate surface area is 150 Å². The van der Waals surface area contributed by atoms with Gasteiger partial charge in [-0.05, 0) is 17.7 Å². The lowest BCUT2D eigenvalue weighted by molar-refractivity contribution is 0.825. The van der Waals surface area contributed by atoms with E-state index in [1.54, 1.807) is 0 Å². The summed E-state index contributed by atoms with van der Waals surface area (Å²) in [7, 11) is 0. The molecule has 0 saturated heterocycles. The lowest BCUT2D eigenvalue weighted by Crippen LogP contribution is -2.03. The zero-order chi connectivity index (χ0) is 17.3. The largest absolute Gasteiger partial charge is 0.303 e. The van der Waals surface area contributed by atoms with E-state index in [2.05, 4.69) is 41.0 Å². The average Bonchev–Trinajstić information content (AvgIpc) is 3.05. The van der Waals surface area contributed by atoms with E-state index in [0.29, 0.717) is 12.2 Å². The summed E-state index contributed by atoms with van der Waals surface area (Å²) in [5.41, 5.74) is 5.51. The molecule has 0 spiro atoms. The van der Waals surface area contributed by atoms with E-state index in [-0.39, 0.29) is 0 Å². The summed E-state index contributed by atoms with van der Waals surface area (Å²) in [5.74, 6) is 0.889. The summed E-state index contributed by atoms with van der Waals surface area (Å²) < 4.78 is 2.15.